The molecule has 1 fully saturated rings. The Labute approximate surface area is 129 Å². The second kappa shape index (κ2) is 6.39. The summed E-state index contributed by atoms with van der Waals surface area (Å²) in [6.45, 7) is 6.91. The van der Waals surface area contributed by atoms with Gasteiger partial charge >= 0.3 is 0 Å². The van der Waals surface area contributed by atoms with Crippen LogP contribution in [-0.4, -0.2) is 27.2 Å². The predicted octanol–water partition coefficient (Wildman–Crippen LogP) is 3.72. The van der Waals surface area contributed by atoms with Crippen LogP contribution in [0.15, 0.2) is 10.7 Å². The molecule has 2 rings (SSSR count). The zero-order valence-corrected chi connectivity index (χ0v) is 14.1. The van der Waals surface area contributed by atoms with Crippen LogP contribution in [0.2, 0.25) is 0 Å². The summed E-state index contributed by atoms with van der Waals surface area (Å²) in [5.41, 5.74) is -0.604. The third-order valence-electron chi connectivity index (χ3n) is 3.89. The molecule has 1 aliphatic carbocycles. The van der Waals surface area contributed by atoms with Crippen LogP contribution in [0.25, 0.3) is 0 Å². The lowest BCUT2D eigenvalue weighted by molar-refractivity contribution is -0.000833. The molecule has 1 aromatic rings. The molecule has 0 amide bonds. The van der Waals surface area contributed by atoms with Crippen molar-refractivity contribution >= 4 is 21.7 Å². The second-order valence-electron chi connectivity index (χ2n) is 6.37. The molecule has 0 aromatic carbocycles. The van der Waals surface area contributed by atoms with Crippen molar-refractivity contribution in [1.82, 2.24) is 9.97 Å². The van der Waals surface area contributed by atoms with Gasteiger partial charge in [-0.2, -0.15) is 0 Å². The zero-order valence-electron chi connectivity index (χ0n) is 12.5. The monoisotopic (exact) mass is 341 g/mol. The first-order valence-electron chi connectivity index (χ1n) is 7.39. The quantitative estimate of drug-likeness (QED) is 0.819. The molecule has 0 aliphatic heterocycles. The number of aromatic nitrogens is 2. The Bertz CT molecular complexity index is 466. The summed E-state index contributed by atoms with van der Waals surface area (Å²) in [6, 6.07) is 1.86. The fourth-order valence-electron chi connectivity index (χ4n) is 2.83. The maximum Gasteiger partial charge on any atom is 0.134 e. The van der Waals surface area contributed by atoms with Crippen molar-refractivity contribution in [3.8, 4) is 0 Å². The largest absolute Gasteiger partial charge is 0.388 e. The fraction of sp³-hybridized carbons (Fsp3) is 0.733. The van der Waals surface area contributed by atoms with Gasteiger partial charge in [0.25, 0.3) is 0 Å². The first-order chi connectivity index (χ1) is 9.38. The van der Waals surface area contributed by atoms with Crippen molar-refractivity contribution < 1.29 is 5.11 Å². The molecule has 0 bridgehead atoms. The van der Waals surface area contributed by atoms with Gasteiger partial charge in [-0.1, -0.05) is 33.6 Å². The van der Waals surface area contributed by atoms with Crippen LogP contribution in [0.1, 0.15) is 58.2 Å². The van der Waals surface area contributed by atoms with Gasteiger partial charge in [0.15, 0.2) is 0 Å². The van der Waals surface area contributed by atoms with E-state index in [1.54, 1.807) is 0 Å². The number of hydrogen-bond donors (Lipinski definition) is 2. The van der Waals surface area contributed by atoms with Crippen LogP contribution in [-0.2, 0) is 0 Å². The van der Waals surface area contributed by atoms with E-state index in [0.717, 1.165) is 35.5 Å². The van der Waals surface area contributed by atoms with Gasteiger partial charge in [0.1, 0.15) is 16.2 Å². The molecule has 2 N–H and O–H groups in total. The Balaban J connectivity index is 2.03. The molecule has 5 heteroatoms. The minimum atomic E-state index is -0.604. The lowest BCUT2D eigenvalue weighted by Crippen LogP contribution is -2.41. The molecule has 0 saturated heterocycles. The number of nitrogens with one attached hydrogen (secondary N) is 1. The van der Waals surface area contributed by atoms with Crippen molar-refractivity contribution in [2.45, 2.75) is 58.0 Å². The molecule has 1 aliphatic rings. The average Bonchev–Trinajstić information content (AvgIpc) is 2.35. The number of hydrogen-bond acceptors (Lipinski definition) is 4. The van der Waals surface area contributed by atoms with Crippen molar-refractivity contribution in [1.29, 1.82) is 0 Å². The van der Waals surface area contributed by atoms with Gasteiger partial charge in [-0.25, -0.2) is 9.97 Å². The van der Waals surface area contributed by atoms with Crippen LogP contribution in [0.4, 0.5) is 5.82 Å². The summed E-state index contributed by atoms with van der Waals surface area (Å²) in [6.07, 6.45) is 4.06. The summed E-state index contributed by atoms with van der Waals surface area (Å²) in [4.78, 5) is 8.86. The average molecular weight is 342 g/mol. The van der Waals surface area contributed by atoms with E-state index in [1.807, 2.05) is 6.07 Å². The van der Waals surface area contributed by atoms with E-state index in [2.05, 4.69) is 52.0 Å². The highest BCUT2D eigenvalue weighted by Crippen LogP contribution is 2.32. The van der Waals surface area contributed by atoms with Crippen LogP contribution in [0.3, 0.4) is 0 Å². The Morgan fingerprint density at radius 1 is 1.50 bits per heavy atom. The normalized spacial score (nSPS) is 26.8. The standard InChI is InChI=1S/C15H24BrN3O/c1-10(2)14-18-12(16)7-13(19-14)17-9-15(20)6-4-5-11(3)8-15/h7,10-11,20H,4-6,8-9H2,1-3H3,(H,17,18,19). The molecule has 0 radical (unpaired) electrons. The van der Waals surface area contributed by atoms with Gasteiger partial charge in [-0.05, 0) is 34.7 Å². The van der Waals surface area contributed by atoms with E-state index in [1.165, 1.54) is 6.42 Å². The number of anilines is 1. The minimum absolute atomic E-state index is 0.283. The van der Waals surface area contributed by atoms with E-state index in [-0.39, 0.29) is 5.92 Å². The number of aliphatic hydroxyl groups is 1. The van der Waals surface area contributed by atoms with Crippen LogP contribution in [0, 0.1) is 5.92 Å². The fourth-order valence-corrected chi connectivity index (χ4v) is 3.23. The molecule has 2 unspecified atom stereocenters. The van der Waals surface area contributed by atoms with E-state index in [4.69, 9.17) is 0 Å². The molecule has 4 nitrogen and oxygen atoms in total. The third-order valence-corrected chi connectivity index (χ3v) is 4.30. The van der Waals surface area contributed by atoms with E-state index in [9.17, 15) is 5.11 Å². The van der Waals surface area contributed by atoms with Gasteiger partial charge in [-0.3, -0.25) is 0 Å². The molecular weight excluding hydrogens is 318 g/mol. The van der Waals surface area contributed by atoms with Crippen molar-refractivity contribution in [3.05, 3.63) is 16.5 Å². The van der Waals surface area contributed by atoms with E-state index < -0.39 is 5.60 Å². The number of rotatable bonds is 4. The highest BCUT2D eigenvalue weighted by atomic mass is 79.9. The van der Waals surface area contributed by atoms with Gasteiger partial charge in [0.05, 0.1) is 5.60 Å². The van der Waals surface area contributed by atoms with Gasteiger partial charge in [0.2, 0.25) is 0 Å². The lowest BCUT2D eigenvalue weighted by Gasteiger charge is -2.35. The summed E-state index contributed by atoms with van der Waals surface area (Å²) in [5, 5.41) is 13.9. The Kier molecular flexibility index (Phi) is 5.02. The SMILES string of the molecule is CC1CCCC(O)(CNc2cc(Br)nc(C(C)C)n2)C1. The van der Waals surface area contributed by atoms with Crippen molar-refractivity contribution in [2.24, 2.45) is 5.92 Å². The van der Waals surface area contributed by atoms with Gasteiger partial charge in [0, 0.05) is 18.5 Å². The maximum atomic E-state index is 10.6. The van der Waals surface area contributed by atoms with Gasteiger partial charge < -0.3 is 10.4 Å². The van der Waals surface area contributed by atoms with Crippen LogP contribution < -0.4 is 5.32 Å². The summed E-state index contributed by atoms with van der Waals surface area (Å²) >= 11 is 3.42. The van der Waals surface area contributed by atoms with Crippen molar-refractivity contribution in [3.63, 3.8) is 0 Å². The van der Waals surface area contributed by atoms with Crippen LogP contribution in [0.5, 0.6) is 0 Å². The van der Waals surface area contributed by atoms with Crippen LogP contribution >= 0.6 is 15.9 Å². The summed E-state index contributed by atoms with van der Waals surface area (Å²) in [5.74, 6) is 2.47. The molecule has 112 valence electrons. The lowest BCUT2D eigenvalue weighted by atomic mass is 9.79. The number of nitrogens with zero attached hydrogens (tertiary/aromatic N) is 2. The maximum absolute atomic E-state index is 10.6. The molecule has 20 heavy (non-hydrogen) atoms. The van der Waals surface area contributed by atoms with Gasteiger partial charge in [-0.15, -0.1) is 0 Å². The molecule has 1 heterocycles. The zero-order chi connectivity index (χ0) is 14.8. The molecule has 1 aromatic heterocycles. The summed E-state index contributed by atoms with van der Waals surface area (Å²) in [7, 11) is 0. The minimum Gasteiger partial charge on any atom is -0.388 e. The topological polar surface area (TPSA) is 58.0 Å². The molecule has 1 saturated carbocycles. The smallest absolute Gasteiger partial charge is 0.134 e. The predicted molar refractivity (Wildman–Crippen MR) is 84.9 cm³/mol. The van der Waals surface area contributed by atoms with Crippen molar-refractivity contribution in [2.75, 3.05) is 11.9 Å². The highest BCUT2D eigenvalue weighted by Gasteiger charge is 2.32. The van der Waals surface area contributed by atoms with E-state index >= 15 is 0 Å². The highest BCUT2D eigenvalue weighted by molar-refractivity contribution is 9.10. The first-order valence-corrected chi connectivity index (χ1v) is 8.18. The Morgan fingerprint density at radius 3 is 2.90 bits per heavy atom. The molecule has 0 spiro atoms. The third kappa shape index (κ3) is 4.16. The summed E-state index contributed by atoms with van der Waals surface area (Å²) < 4.78 is 0.780. The number of halogens is 1. The second-order valence-corrected chi connectivity index (χ2v) is 7.18. The Hall–Kier alpha value is -0.680. The molecular formula is C15H24BrN3O. The Morgan fingerprint density at radius 2 is 2.25 bits per heavy atom. The van der Waals surface area contributed by atoms with E-state index in [0.29, 0.717) is 12.5 Å². The first kappa shape index (κ1) is 15.7. The molecule has 2 atom stereocenters.